The molecule has 4 aromatic rings. The number of nitrogen functional groups attached to an aromatic ring is 1. The Labute approximate surface area is 270 Å². The molecular weight excluding hydrogens is 636 g/mol. The fourth-order valence-corrected chi connectivity index (χ4v) is 8.30. The largest absolute Gasteiger partial charge is 0.464 e. The van der Waals surface area contributed by atoms with Gasteiger partial charge >= 0.3 is 12.6 Å². The van der Waals surface area contributed by atoms with Crippen molar-refractivity contribution >= 4 is 58.1 Å². The first-order valence-electron chi connectivity index (χ1n) is 14.7. The van der Waals surface area contributed by atoms with E-state index in [1.807, 2.05) is 51.1 Å². The third-order valence-electron chi connectivity index (χ3n) is 8.06. The molecule has 7 atom stereocenters. The number of carbonyl (C=O) groups is 1. The number of imidazole rings is 1. The van der Waals surface area contributed by atoms with Crippen LogP contribution in [-0.4, -0.2) is 73.8 Å². The minimum atomic E-state index is -3.69. The minimum Gasteiger partial charge on any atom is -0.464 e. The summed E-state index contributed by atoms with van der Waals surface area (Å²) in [5.41, 5.74) is 1.67. The van der Waals surface area contributed by atoms with Gasteiger partial charge in [0.2, 0.25) is 5.95 Å². The average Bonchev–Trinajstić information content (AvgIpc) is 3.23. The number of alkyl halides is 1. The van der Waals surface area contributed by atoms with E-state index in [0.717, 1.165) is 10.8 Å². The molecule has 2 fully saturated rings. The number of hydrogen-bond donors (Lipinski definition) is 4. The first-order valence-corrected chi connectivity index (χ1v) is 17.4. The first-order chi connectivity index (χ1) is 21.6. The van der Waals surface area contributed by atoms with E-state index in [0.29, 0.717) is 17.1 Å². The maximum Gasteiger partial charge on any atom is 0.323 e. The van der Waals surface area contributed by atoms with Crippen LogP contribution in [0.25, 0.3) is 21.9 Å². The van der Waals surface area contributed by atoms with Crippen LogP contribution in [0.2, 0.25) is 0 Å². The second-order valence-electron chi connectivity index (χ2n) is 12.9. The van der Waals surface area contributed by atoms with Gasteiger partial charge in [-0.25, -0.2) is 14.5 Å². The van der Waals surface area contributed by atoms with E-state index in [1.165, 1.54) is 17.8 Å². The maximum atomic E-state index is 16.8. The van der Waals surface area contributed by atoms with Crippen LogP contribution in [0.4, 0.5) is 16.2 Å². The monoisotopic (exact) mass is 673 g/mol. The molecule has 0 radical (unpaired) electrons. The normalized spacial score (nSPS) is 27.6. The number of fused-ring (bicyclic) bond motifs is 3. The quantitative estimate of drug-likeness (QED) is 0.140. The van der Waals surface area contributed by atoms with Crippen molar-refractivity contribution in [2.75, 3.05) is 24.7 Å². The number of nitrogens with two attached hydrogens (primary N) is 1. The zero-order valence-electron chi connectivity index (χ0n) is 26.2. The molecule has 1 saturated heterocycles. The van der Waals surface area contributed by atoms with E-state index in [9.17, 15) is 9.90 Å². The summed E-state index contributed by atoms with van der Waals surface area (Å²) in [6.07, 6.45) is -2.34. The highest BCUT2D eigenvalue weighted by Crippen LogP contribution is 2.66. The molecule has 246 valence electrons. The van der Waals surface area contributed by atoms with E-state index in [-0.39, 0.29) is 23.6 Å². The lowest BCUT2D eigenvalue weighted by molar-refractivity contribution is -0.148. The topological polar surface area (TPSA) is 168 Å². The van der Waals surface area contributed by atoms with Crippen molar-refractivity contribution in [3.63, 3.8) is 0 Å². The van der Waals surface area contributed by atoms with Gasteiger partial charge in [0.15, 0.2) is 34.5 Å². The molecule has 1 aliphatic carbocycles. The molecule has 0 bridgehead atoms. The first kappa shape index (κ1) is 32.5. The molecule has 13 nitrogen and oxygen atoms in total. The van der Waals surface area contributed by atoms with Crippen molar-refractivity contribution in [1.82, 2.24) is 24.6 Å². The number of rotatable bonds is 10. The van der Waals surface area contributed by atoms with E-state index in [4.69, 9.17) is 36.1 Å². The fraction of sp³-hybridized carbons (Fsp3) is 0.467. The third-order valence-corrected chi connectivity index (χ3v) is 10.5. The Morgan fingerprint density at radius 1 is 1.26 bits per heavy atom. The molecule has 2 unspecified atom stereocenters. The molecule has 1 aliphatic heterocycles. The summed E-state index contributed by atoms with van der Waals surface area (Å²) in [6.45, 7) is 5.11. The van der Waals surface area contributed by atoms with Crippen molar-refractivity contribution in [3.05, 3.63) is 48.8 Å². The van der Waals surface area contributed by atoms with Gasteiger partial charge in [-0.05, 0) is 42.5 Å². The second kappa shape index (κ2) is 11.4. The van der Waals surface area contributed by atoms with Crippen LogP contribution in [0.5, 0.6) is 5.75 Å². The molecule has 1 saturated carbocycles. The summed E-state index contributed by atoms with van der Waals surface area (Å²) >= 11 is 5.94. The van der Waals surface area contributed by atoms with Crippen molar-refractivity contribution in [1.29, 1.82) is 0 Å². The Hall–Kier alpha value is -3.46. The molecule has 46 heavy (non-hydrogen) atoms. The zero-order valence-corrected chi connectivity index (χ0v) is 27.9. The Bertz CT molecular complexity index is 1860. The minimum absolute atomic E-state index is 0.0465. The lowest BCUT2D eigenvalue weighted by Crippen LogP contribution is -2.45. The molecule has 2 aliphatic rings. The van der Waals surface area contributed by atoms with Crippen LogP contribution in [0.1, 0.15) is 40.8 Å². The van der Waals surface area contributed by atoms with Gasteiger partial charge in [0.25, 0.3) is 0 Å². The van der Waals surface area contributed by atoms with E-state index in [2.05, 4.69) is 25.4 Å². The molecular formula is C30H37FN7O6PS. The number of ether oxygens (including phenoxy) is 2. The van der Waals surface area contributed by atoms with Crippen LogP contribution in [0.3, 0.4) is 0 Å². The lowest BCUT2D eigenvalue weighted by atomic mass is 9.97. The zero-order chi connectivity index (χ0) is 33.2. The van der Waals surface area contributed by atoms with Gasteiger partial charge in [-0.2, -0.15) is 9.97 Å². The van der Waals surface area contributed by atoms with Crippen LogP contribution in [-0.2, 0) is 30.6 Å². The van der Waals surface area contributed by atoms with Gasteiger partial charge < -0.3 is 30.2 Å². The molecule has 2 aromatic heterocycles. The predicted octanol–water partition coefficient (Wildman–Crippen LogP) is 4.23. The van der Waals surface area contributed by atoms with Gasteiger partial charge in [0.05, 0.1) is 12.9 Å². The third kappa shape index (κ3) is 5.58. The van der Waals surface area contributed by atoms with Gasteiger partial charge in [0, 0.05) is 12.4 Å². The van der Waals surface area contributed by atoms with Crippen LogP contribution < -0.4 is 20.7 Å². The summed E-state index contributed by atoms with van der Waals surface area (Å²) in [6, 6.07) is 12.0. The second-order valence-corrected chi connectivity index (χ2v) is 16.0. The summed E-state index contributed by atoms with van der Waals surface area (Å²) < 4.78 is 42.3. The number of nitrogens with zero attached hydrogens (tertiary/aromatic N) is 4. The summed E-state index contributed by atoms with van der Waals surface area (Å²) in [4.78, 5) is 25.6. The van der Waals surface area contributed by atoms with E-state index < -0.39 is 48.4 Å². The van der Waals surface area contributed by atoms with Crippen LogP contribution in [0.15, 0.2) is 48.8 Å². The molecule has 2 aromatic carbocycles. The predicted molar refractivity (Wildman–Crippen MR) is 174 cm³/mol. The smallest absolute Gasteiger partial charge is 0.323 e. The van der Waals surface area contributed by atoms with E-state index in [1.54, 1.807) is 26.1 Å². The standard InChI is InChI=1S/C30H37FN7O6PS/c1-16(25(39)41-14-28(2,3)4)37-45(46,43-19-13-9-11-17-10-7-8-12-18(17)19)44-22-21-30(22,40)29(5,31)26(42-21)38-15-34-20-23(33-6)35-27(32)36-24(20)38/h7-13,15-16,21-22,26,40H,14H2,1-6H3,(H,37,46)(H3,32,33,35,36)/t16-,21+,22?,26+,29-,30-,45?/m0/s1. The molecule has 3 heterocycles. The number of esters is 1. The number of carbonyl (C=O) groups excluding carboxylic acids is 1. The highest BCUT2D eigenvalue weighted by Gasteiger charge is 2.85. The Balaban J connectivity index is 1.28. The Morgan fingerprint density at radius 3 is 2.65 bits per heavy atom. The number of aromatic nitrogens is 4. The van der Waals surface area contributed by atoms with Crippen molar-refractivity contribution in [3.8, 4) is 5.75 Å². The van der Waals surface area contributed by atoms with Gasteiger partial charge in [-0.1, -0.05) is 57.2 Å². The van der Waals surface area contributed by atoms with Gasteiger partial charge in [-0.3, -0.25) is 13.9 Å². The van der Waals surface area contributed by atoms with Gasteiger partial charge in [-0.15, -0.1) is 0 Å². The van der Waals surface area contributed by atoms with Crippen LogP contribution >= 0.6 is 6.64 Å². The number of halogens is 1. The van der Waals surface area contributed by atoms with Crippen molar-refractivity contribution in [2.24, 2.45) is 5.41 Å². The average molecular weight is 674 g/mol. The Morgan fingerprint density at radius 2 is 1.98 bits per heavy atom. The summed E-state index contributed by atoms with van der Waals surface area (Å²) in [5, 5.41) is 19.3. The molecule has 6 rings (SSSR count). The summed E-state index contributed by atoms with van der Waals surface area (Å²) in [7, 11) is 1.65. The van der Waals surface area contributed by atoms with Crippen molar-refractivity contribution in [2.45, 2.75) is 70.4 Å². The summed E-state index contributed by atoms with van der Waals surface area (Å²) in [5.74, 6) is 0.142. The van der Waals surface area contributed by atoms with Crippen LogP contribution in [0, 0.1) is 5.41 Å². The molecule has 16 heteroatoms. The molecule has 0 amide bonds. The number of benzene rings is 2. The fourth-order valence-electron chi connectivity index (χ4n) is 5.59. The number of aliphatic hydroxyl groups is 1. The number of anilines is 2. The van der Waals surface area contributed by atoms with Crippen molar-refractivity contribution < 1.29 is 32.8 Å². The molecule has 0 spiro atoms. The Kier molecular flexibility index (Phi) is 8.02. The highest BCUT2D eigenvalue weighted by atomic mass is 32.5. The number of nitrogens with one attached hydrogen (secondary N) is 2. The number of hydrogen-bond acceptors (Lipinski definition) is 12. The SMILES string of the molecule is CNc1nc(N)nc2c1ncn2[C@@H]1O[C@@H]2C(OP(=S)(N[C@@H](C)C(=O)OCC(C)(C)C)Oc3cccc4ccccc34)[C@]2(O)[C@@]1(C)F. The van der Waals surface area contributed by atoms with E-state index >= 15 is 4.39 Å². The molecule has 5 N–H and O–H groups in total. The van der Waals surface area contributed by atoms with Gasteiger partial charge in [0.1, 0.15) is 24.0 Å². The maximum absolute atomic E-state index is 16.8. The lowest BCUT2D eigenvalue weighted by Gasteiger charge is -2.33. The highest BCUT2D eigenvalue weighted by molar-refractivity contribution is 8.09.